The number of carbonyl (C=O) groups excluding carboxylic acids is 1. The van der Waals surface area contributed by atoms with Gasteiger partial charge < -0.3 is 9.84 Å². The summed E-state index contributed by atoms with van der Waals surface area (Å²) < 4.78 is 5.78. The van der Waals surface area contributed by atoms with Crippen LogP contribution in [0.1, 0.15) is 219 Å². The van der Waals surface area contributed by atoms with Crippen LogP contribution in [0.15, 0.2) is 24.3 Å². The first-order valence-electron chi connectivity index (χ1n) is 19.8. The quantitative estimate of drug-likeness (QED) is 0.0424. The molecule has 0 saturated heterocycles. The smallest absolute Gasteiger partial charge is 0.306 e. The largest absolute Gasteiger partial charge is 0.481 e. The highest BCUT2D eigenvalue weighted by Crippen LogP contribution is 2.17. The number of rotatable bonds is 36. The number of carboxylic acids is 1. The van der Waals surface area contributed by atoms with E-state index in [1.54, 1.807) is 0 Å². The Hall–Kier alpha value is -1.58. The van der Waals surface area contributed by atoms with Crippen LogP contribution in [0.25, 0.3) is 0 Å². The summed E-state index contributed by atoms with van der Waals surface area (Å²) in [5.74, 6) is -0.664. The molecule has 45 heavy (non-hydrogen) atoms. The highest BCUT2D eigenvalue weighted by molar-refractivity contribution is 5.69. The molecule has 0 heterocycles. The molecule has 0 fully saturated rings. The predicted octanol–water partition coefficient (Wildman–Crippen LogP) is 13.6. The lowest BCUT2D eigenvalue weighted by Crippen LogP contribution is -2.17. The number of hydrogen-bond donors (Lipinski definition) is 1. The van der Waals surface area contributed by atoms with E-state index >= 15 is 0 Å². The van der Waals surface area contributed by atoms with Crippen LogP contribution in [0.2, 0.25) is 0 Å². The van der Waals surface area contributed by atoms with E-state index in [2.05, 4.69) is 38.2 Å². The lowest BCUT2D eigenvalue weighted by molar-refractivity contribution is -0.149. The molecule has 0 rings (SSSR count). The number of unbranched alkanes of at least 4 members (excludes halogenated alkanes) is 24. The van der Waals surface area contributed by atoms with E-state index in [9.17, 15) is 9.59 Å². The van der Waals surface area contributed by atoms with Crippen molar-refractivity contribution in [2.24, 2.45) is 0 Å². The van der Waals surface area contributed by atoms with E-state index in [4.69, 9.17) is 9.84 Å². The van der Waals surface area contributed by atoms with Crippen molar-refractivity contribution in [3.05, 3.63) is 24.3 Å². The van der Waals surface area contributed by atoms with Gasteiger partial charge in [0.1, 0.15) is 6.10 Å². The average Bonchev–Trinajstić information content (AvgIpc) is 3.03. The maximum atomic E-state index is 12.3. The minimum atomic E-state index is -0.673. The van der Waals surface area contributed by atoms with Crippen molar-refractivity contribution >= 4 is 11.9 Å². The molecule has 4 nitrogen and oxygen atoms in total. The first kappa shape index (κ1) is 43.4. The van der Waals surface area contributed by atoms with Crippen molar-refractivity contribution in [3.8, 4) is 0 Å². The number of carboxylic acid groups (broad SMARTS) is 1. The van der Waals surface area contributed by atoms with Gasteiger partial charge in [0.05, 0.1) is 0 Å². The standard InChI is InChI=1S/C41H76O4/c1-3-5-6-7-8-9-10-11-12-13-14-15-16-17-18-19-23-26-29-32-35-38-41(44)45-39(4-2)36-33-30-27-24-21-20-22-25-28-31-34-37-40(42)43/h8-9,11-12,39H,3-7,10,13-38H2,1-2H3,(H,42,43)/b9-8-,12-11-. The van der Waals surface area contributed by atoms with E-state index in [0.717, 1.165) is 51.4 Å². The first-order valence-corrected chi connectivity index (χ1v) is 19.8. The van der Waals surface area contributed by atoms with Crippen molar-refractivity contribution in [1.29, 1.82) is 0 Å². The van der Waals surface area contributed by atoms with Crippen LogP contribution in [0.3, 0.4) is 0 Å². The van der Waals surface area contributed by atoms with Gasteiger partial charge in [-0.2, -0.15) is 0 Å². The van der Waals surface area contributed by atoms with Gasteiger partial charge in [-0.25, -0.2) is 0 Å². The van der Waals surface area contributed by atoms with Crippen LogP contribution < -0.4 is 0 Å². The molecular formula is C41H76O4. The number of aliphatic carboxylic acids is 1. The number of allylic oxidation sites excluding steroid dienone is 4. The lowest BCUT2D eigenvalue weighted by Gasteiger charge is -2.16. The van der Waals surface area contributed by atoms with E-state index in [-0.39, 0.29) is 12.1 Å². The van der Waals surface area contributed by atoms with Crippen LogP contribution >= 0.6 is 0 Å². The zero-order valence-electron chi connectivity index (χ0n) is 30.2. The maximum absolute atomic E-state index is 12.3. The zero-order chi connectivity index (χ0) is 32.9. The Kier molecular flexibility index (Phi) is 35.6. The molecule has 1 N–H and O–H groups in total. The number of carbonyl (C=O) groups is 2. The first-order chi connectivity index (χ1) is 22.1. The van der Waals surface area contributed by atoms with Gasteiger partial charge in [-0.15, -0.1) is 0 Å². The molecule has 0 aromatic heterocycles. The van der Waals surface area contributed by atoms with Gasteiger partial charge in [-0.1, -0.05) is 167 Å². The number of hydrogen-bond acceptors (Lipinski definition) is 3. The Morgan fingerprint density at radius 3 is 1.36 bits per heavy atom. The maximum Gasteiger partial charge on any atom is 0.306 e. The van der Waals surface area contributed by atoms with Crippen LogP contribution in [0.5, 0.6) is 0 Å². The van der Waals surface area contributed by atoms with Gasteiger partial charge in [-0.3, -0.25) is 9.59 Å². The minimum absolute atomic E-state index is 0.00921. The fourth-order valence-electron chi connectivity index (χ4n) is 5.97. The summed E-state index contributed by atoms with van der Waals surface area (Å²) in [5.41, 5.74) is 0. The molecule has 0 aliphatic rings. The molecule has 0 aromatic carbocycles. The highest BCUT2D eigenvalue weighted by atomic mass is 16.5. The molecule has 1 atom stereocenters. The summed E-state index contributed by atoms with van der Waals surface area (Å²) in [6.07, 6.45) is 47.2. The monoisotopic (exact) mass is 633 g/mol. The zero-order valence-corrected chi connectivity index (χ0v) is 30.2. The second-order valence-corrected chi connectivity index (χ2v) is 13.4. The van der Waals surface area contributed by atoms with Crippen molar-refractivity contribution < 1.29 is 19.4 Å². The van der Waals surface area contributed by atoms with Gasteiger partial charge in [0.25, 0.3) is 0 Å². The fourth-order valence-corrected chi connectivity index (χ4v) is 5.97. The number of ether oxygens (including phenoxy) is 1. The molecular weight excluding hydrogens is 556 g/mol. The van der Waals surface area contributed by atoms with E-state index in [0.29, 0.717) is 12.8 Å². The molecule has 0 radical (unpaired) electrons. The summed E-state index contributed by atoms with van der Waals surface area (Å²) in [7, 11) is 0. The summed E-state index contributed by atoms with van der Waals surface area (Å²) in [5, 5.41) is 8.66. The normalized spacial score (nSPS) is 12.4. The van der Waals surface area contributed by atoms with E-state index < -0.39 is 5.97 Å². The van der Waals surface area contributed by atoms with Gasteiger partial charge >= 0.3 is 11.9 Å². The molecule has 0 amide bonds. The Balaban J connectivity index is 3.42. The van der Waals surface area contributed by atoms with Gasteiger partial charge in [0, 0.05) is 12.8 Å². The molecule has 0 spiro atoms. The molecule has 1 unspecified atom stereocenters. The third-order valence-corrected chi connectivity index (χ3v) is 9.00. The van der Waals surface area contributed by atoms with Gasteiger partial charge in [0.2, 0.25) is 0 Å². The van der Waals surface area contributed by atoms with Gasteiger partial charge in [-0.05, 0) is 64.2 Å². The predicted molar refractivity (Wildman–Crippen MR) is 195 cm³/mol. The third-order valence-electron chi connectivity index (χ3n) is 9.00. The summed E-state index contributed by atoms with van der Waals surface area (Å²) in [6.45, 7) is 4.39. The van der Waals surface area contributed by atoms with Crippen molar-refractivity contribution in [2.45, 2.75) is 225 Å². The Morgan fingerprint density at radius 2 is 0.911 bits per heavy atom. The molecule has 0 saturated carbocycles. The van der Waals surface area contributed by atoms with Crippen LogP contribution in [-0.2, 0) is 14.3 Å². The Morgan fingerprint density at radius 1 is 0.511 bits per heavy atom. The molecule has 264 valence electrons. The average molecular weight is 633 g/mol. The molecule has 0 aliphatic heterocycles. The van der Waals surface area contributed by atoms with Crippen LogP contribution in [-0.4, -0.2) is 23.1 Å². The van der Waals surface area contributed by atoms with Gasteiger partial charge in [0.15, 0.2) is 0 Å². The molecule has 4 heteroatoms. The minimum Gasteiger partial charge on any atom is -0.481 e. The van der Waals surface area contributed by atoms with Crippen LogP contribution in [0, 0.1) is 0 Å². The lowest BCUT2D eigenvalue weighted by atomic mass is 10.0. The second-order valence-electron chi connectivity index (χ2n) is 13.4. The summed E-state index contributed by atoms with van der Waals surface area (Å²) in [4.78, 5) is 22.8. The third kappa shape index (κ3) is 36.8. The van der Waals surface area contributed by atoms with Crippen molar-refractivity contribution in [2.75, 3.05) is 0 Å². The summed E-state index contributed by atoms with van der Waals surface area (Å²) >= 11 is 0. The Labute approximate surface area is 280 Å². The SMILES string of the molecule is CCCCC/C=C\C/C=C\CCCCCCCCCCCCCC(=O)OC(CC)CCCCCCCCCCCCCC(=O)O. The van der Waals surface area contributed by atoms with Crippen molar-refractivity contribution in [1.82, 2.24) is 0 Å². The van der Waals surface area contributed by atoms with E-state index in [1.165, 1.54) is 141 Å². The van der Waals surface area contributed by atoms with E-state index in [1.807, 2.05) is 0 Å². The van der Waals surface area contributed by atoms with Crippen LogP contribution in [0.4, 0.5) is 0 Å². The van der Waals surface area contributed by atoms with Crippen molar-refractivity contribution in [3.63, 3.8) is 0 Å². The topological polar surface area (TPSA) is 63.6 Å². The second kappa shape index (κ2) is 36.9. The Bertz CT molecular complexity index is 683. The molecule has 0 aromatic rings. The molecule has 0 bridgehead atoms. The number of esters is 1. The summed E-state index contributed by atoms with van der Waals surface area (Å²) in [6, 6.07) is 0. The highest BCUT2D eigenvalue weighted by Gasteiger charge is 2.12. The molecule has 0 aliphatic carbocycles. The fraction of sp³-hybridized carbons (Fsp3) is 0.854.